The molecule has 0 aromatic carbocycles. The lowest BCUT2D eigenvalue weighted by atomic mass is 10.2. The molecule has 0 radical (unpaired) electrons. The maximum Gasteiger partial charge on any atom is 0.291 e. The Morgan fingerprint density at radius 3 is 2.55 bits per heavy atom. The van der Waals surface area contributed by atoms with Crippen molar-refractivity contribution in [1.29, 1.82) is 0 Å². The number of amides is 3. The minimum atomic E-state index is -0.344. The van der Waals surface area contributed by atoms with Crippen LogP contribution in [0, 0.1) is 6.92 Å². The number of aryl methyl sites for hydroxylation is 1. The van der Waals surface area contributed by atoms with Crippen LogP contribution in [0.5, 0.6) is 0 Å². The lowest BCUT2D eigenvalue weighted by Crippen LogP contribution is -2.51. The molecule has 0 saturated carbocycles. The third-order valence-corrected chi connectivity index (χ3v) is 5.71. The number of carbonyl (C=O) groups excluding carboxylic acids is 3. The maximum atomic E-state index is 12.9. The van der Waals surface area contributed by atoms with Crippen molar-refractivity contribution in [3.05, 3.63) is 40.7 Å². The maximum absolute atomic E-state index is 12.9. The molecule has 156 valence electrons. The van der Waals surface area contributed by atoms with E-state index in [0.29, 0.717) is 42.6 Å². The second kappa shape index (κ2) is 9.23. The highest BCUT2D eigenvalue weighted by Crippen LogP contribution is 2.28. The smallest absolute Gasteiger partial charge is 0.291 e. The second-order valence-corrected chi connectivity index (χ2v) is 8.40. The molecule has 1 fully saturated rings. The molecule has 3 heterocycles. The molecule has 9 heteroatoms. The minimum absolute atomic E-state index is 0.00539. The highest BCUT2D eigenvalue weighted by atomic mass is 32.1. The molecule has 0 spiro atoms. The Kier molecular flexibility index (Phi) is 6.71. The summed E-state index contributed by atoms with van der Waals surface area (Å²) in [5.74, 6) is -0.159. The fourth-order valence-corrected chi connectivity index (χ4v) is 4.20. The van der Waals surface area contributed by atoms with Crippen molar-refractivity contribution in [2.45, 2.75) is 26.8 Å². The van der Waals surface area contributed by atoms with Gasteiger partial charge in [-0.1, -0.05) is 0 Å². The summed E-state index contributed by atoms with van der Waals surface area (Å²) >= 11 is 1.26. The molecule has 3 amide bonds. The van der Waals surface area contributed by atoms with Gasteiger partial charge in [-0.15, -0.1) is 11.3 Å². The summed E-state index contributed by atoms with van der Waals surface area (Å²) in [6.45, 7) is 8.53. The molecule has 1 aliphatic rings. The van der Waals surface area contributed by atoms with Crippen LogP contribution in [0.1, 0.15) is 39.6 Å². The number of anilines is 1. The number of piperazine rings is 1. The second-order valence-electron chi connectivity index (χ2n) is 7.34. The Bertz CT molecular complexity index is 867. The Morgan fingerprint density at radius 2 is 1.93 bits per heavy atom. The molecular formula is C20H26N4O4S. The van der Waals surface area contributed by atoms with Gasteiger partial charge in [0.05, 0.1) is 22.7 Å². The first-order valence-corrected chi connectivity index (χ1v) is 10.4. The van der Waals surface area contributed by atoms with Crippen LogP contribution in [0.3, 0.4) is 0 Å². The number of furan rings is 1. The van der Waals surface area contributed by atoms with E-state index >= 15 is 0 Å². The van der Waals surface area contributed by atoms with Gasteiger partial charge in [-0.05, 0) is 44.5 Å². The van der Waals surface area contributed by atoms with Crippen molar-refractivity contribution >= 4 is 34.1 Å². The van der Waals surface area contributed by atoms with E-state index in [2.05, 4.69) is 15.5 Å². The number of nitrogens with zero attached hydrogens (tertiary/aromatic N) is 2. The number of rotatable bonds is 6. The van der Waals surface area contributed by atoms with Gasteiger partial charge in [-0.3, -0.25) is 19.3 Å². The predicted octanol–water partition coefficient (Wildman–Crippen LogP) is 2.18. The Morgan fingerprint density at radius 1 is 1.21 bits per heavy atom. The molecule has 8 nitrogen and oxygen atoms in total. The van der Waals surface area contributed by atoms with E-state index in [1.165, 1.54) is 17.6 Å². The lowest BCUT2D eigenvalue weighted by Gasteiger charge is -2.34. The highest BCUT2D eigenvalue weighted by Gasteiger charge is 2.26. The first-order chi connectivity index (χ1) is 13.8. The number of thiophene rings is 1. The van der Waals surface area contributed by atoms with Crippen LogP contribution in [0.25, 0.3) is 0 Å². The molecule has 0 unspecified atom stereocenters. The van der Waals surface area contributed by atoms with Crippen molar-refractivity contribution in [3.63, 3.8) is 0 Å². The van der Waals surface area contributed by atoms with E-state index < -0.39 is 0 Å². The van der Waals surface area contributed by atoms with E-state index in [1.807, 2.05) is 20.8 Å². The molecule has 2 aromatic heterocycles. The Labute approximate surface area is 173 Å². The van der Waals surface area contributed by atoms with E-state index in [1.54, 1.807) is 23.1 Å². The van der Waals surface area contributed by atoms with Crippen LogP contribution in [-0.4, -0.2) is 66.3 Å². The quantitative estimate of drug-likeness (QED) is 0.750. The van der Waals surface area contributed by atoms with Crippen molar-refractivity contribution in [2.75, 3.05) is 38.0 Å². The Balaban J connectivity index is 1.55. The highest BCUT2D eigenvalue weighted by molar-refractivity contribution is 7.18. The summed E-state index contributed by atoms with van der Waals surface area (Å²) in [6, 6.07) is 5.15. The molecular weight excluding hydrogens is 392 g/mol. The molecule has 0 aliphatic carbocycles. The molecule has 0 atom stereocenters. The summed E-state index contributed by atoms with van der Waals surface area (Å²) in [6.07, 6.45) is 1.44. The van der Waals surface area contributed by atoms with Gasteiger partial charge in [-0.2, -0.15) is 0 Å². The van der Waals surface area contributed by atoms with Crippen LogP contribution < -0.4 is 10.6 Å². The first-order valence-electron chi connectivity index (χ1n) is 9.59. The largest absolute Gasteiger partial charge is 0.459 e. The number of nitrogens with one attached hydrogen (secondary N) is 2. The molecule has 3 rings (SSSR count). The van der Waals surface area contributed by atoms with Crippen LogP contribution in [0.15, 0.2) is 28.9 Å². The fourth-order valence-electron chi connectivity index (χ4n) is 3.16. The third-order valence-electron chi connectivity index (χ3n) is 4.57. The van der Waals surface area contributed by atoms with Gasteiger partial charge in [0.1, 0.15) is 0 Å². The van der Waals surface area contributed by atoms with Gasteiger partial charge in [0, 0.05) is 32.2 Å². The van der Waals surface area contributed by atoms with E-state index in [9.17, 15) is 14.4 Å². The summed E-state index contributed by atoms with van der Waals surface area (Å²) in [5, 5.41) is 6.26. The lowest BCUT2D eigenvalue weighted by molar-refractivity contribution is -0.123. The zero-order valence-electron chi connectivity index (χ0n) is 16.9. The van der Waals surface area contributed by atoms with Crippen LogP contribution >= 0.6 is 11.3 Å². The molecule has 29 heavy (non-hydrogen) atoms. The van der Waals surface area contributed by atoms with Gasteiger partial charge in [0.2, 0.25) is 5.91 Å². The standard InChI is InChI=1S/C20H26N4O4S/c1-13(2)21-16(25)12-23-6-8-24(9-7-23)20(27)18-14(3)11-17(29-18)22-19(26)15-5-4-10-28-15/h4-5,10-11,13H,6-9,12H2,1-3H3,(H,21,25)(H,22,26). The van der Waals surface area contributed by atoms with Crippen LogP contribution in [0.4, 0.5) is 5.00 Å². The van der Waals surface area contributed by atoms with Gasteiger partial charge < -0.3 is 20.0 Å². The number of hydrogen-bond acceptors (Lipinski definition) is 6. The normalized spacial score (nSPS) is 14.8. The van der Waals surface area contributed by atoms with E-state index in [-0.39, 0.29) is 29.5 Å². The van der Waals surface area contributed by atoms with Crippen LogP contribution in [-0.2, 0) is 4.79 Å². The number of carbonyl (C=O) groups is 3. The van der Waals surface area contributed by atoms with Gasteiger partial charge in [0.15, 0.2) is 5.76 Å². The average Bonchev–Trinajstić information content (AvgIpc) is 3.31. The summed E-state index contributed by atoms with van der Waals surface area (Å²) in [4.78, 5) is 41.4. The van der Waals surface area contributed by atoms with E-state index in [0.717, 1.165) is 5.56 Å². The van der Waals surface area contributed by atoms with Gasteiger partial charge in [0.25, 0.3) is 11.8 Å². The Hall–Kier alpha value is -2.65. The molecule has 1 saturated heterocycles. The number of hydrogen-bond donors (Lipinski definition) is 2. The van der Waals surface area contributed by atoms with Gasteiger partial charge >= 0.3 is 0 Å². The van der Waals surface area contributed by atoms with Crippen molar-refractivity contribution in [3.8, 4) is 0 Å². The SMILES string of the molecule is Cc1cc(NC(=O)c2ccco2)sc1C(=O)N1CCN(CC(=O)NC(C)C)CC1. The summed E-state index contributed by atoms with van der Waals surface area (Å²) < 4.78 is 5.09. The first kappa shape index (κ1) is 21.1. The fraction of sp³-hybridized carbons (Fsp3) is 0.450. The minimum Gasteiger partial charge on any atom is -0.459 e. The molecule has 0 bridgehead atoms. The van der Waals surface area contributed by atoms with E-state index in [4.69, 9.17) is 4.42 Å². The third kappa shape index (κ3) is 5.45. The van der Waals surface area contributed by atoms with Crippen molar-refractivity contribution < 1.29 is 18.8 Å². The monoisotopic (exact) mass is 418 g/mol. The topological polar surface area (TPSA) is 94.9 Å². The average molecular weight is 419 g/mol. The zero-order chi connectivity index (χ0) is 21.0. The summed E-state index contributed by atoms with van der Waals surface area (Å²) in [7, 11) is 0. The van der Waals surface area contributed by atoms with Crippen molar-refractivity contribution in [2.24, 2.45) is 0 Å². The van der Waals surface area contributed by atoms with Crippen LogP contribution in [0.2, 0.25) is 0 Å². The zero-order valence-corrected chi connectivity index (χ0v) is 17.7. The van der Waals surface area contributed by atoms with Gasteiger partial charge in [-0.25, -0.2) is 0 Å². The molecule has 2 N–H and O–H groups in total. The predicted molar refractivity (Wildman–Crippen MR) is 111 cm³/mol. The van der Waals surface area contributed by atoms with Crippen molar-refractivity contribution in [1.82, 2.24) is 15.1 Å². The molecule has 1 aliphatic heterocycles. The summed E-state index contributed by atoms with van der Waals surface area (Å²) in [5.41, 5.74) is 0.827. The molecule has 2 aromatic rings.